The smallest absolute Gasteiger partial charge is 0.220 e. The number of rotatable bonds is 6. The highest BCUT2D eigenvalue weighted by Crippen LogP contribution is 2.20. The van der Waals surface area contributed by atoms with Crippen LogP contribution in [-0.4, -0.2) is 23.6 Å². The molecule has 0 spiro atoms. The highest BCUT2D eigenvalue weighted by Gasteiger charge is 2.10. The third-order valence-electron chi connectivity index (χ3n) is 3.48. The van der Waals surface area contributed by atoms with Crippen LogP contribution in [0.15, 0.2) is 42.5 Å². The fraction of sp³-hybridized carbons (Fsp3) is 0.353. The van der Waals surface area contributed by atoms with Gasteiger partial charge in [0.05, 0.1) is 6.10 Å². The zero-order chi connectivity index (χ0) is 15.2. The van der Waals surface area contributed by atoms with Crippen LogP contribution in [-0.2, 0) is 4.79 Å². The zero-order valence-electron chi connectivity index (χ0n) is 12.3. The van der Waals surface area contributed by atoms with Gasteiger partial charge >= 0.3 is 0 Å². The molecule has 112 valence electrons. The number of nitrogens with one attached hydrogen (secondary N) is 1. The van der Waals surface area contributed by atoms with E-state index in [9.17, 15) is 9.90 Å². The summed E-state index contributed by atoms with van der Waals surface area (Å²) in [5.74, 6) is -0.0767. The topological polar surface area (TPSA) is 75.4 Å². The van der Waals surface area contributed by atoms with Crippen LogP contribution in [0.4, 0.5) is 0 Å². The molecular formula is C17H22N2O2. The molecule has 0 fully saturated rings. The SMILES string of the molecule is CC(N)CCC(=O)NCC(O)c1ccc2ccccc2c1. The van der Waals surface area contributed by atoms with Gasteiger partial charge in [0.1, 0.15) is 0 Å². The number of aliphatic hydroxyl groups is 1. The average Bonchev–Trinajstić information content (AvgIpc) is 2.50. The van der Waals surface area contributed by atoms with Crippen molar-refractivity contribution >= 4 is 16.7 Å². The quantitative estimate of drug-likeness (QED) is 0.761. The number of nitrogens with two attached hydrogens (primary N) is 1. The van der Waals surface area contributed by atoms with Gasteiger partial charge in [0.15, 0.2) is 0 Å². The molecule has 4 nitrogen and oxygen atoms in total. The molecule has 0 bridgehead atoms. The van der Waals surface area contributed by atoms with Gasteiger partial charge < -0.3 is 16.2 Å². The molecule has 0 aliphatic heterocycles. The molecule has 4 N–H and O–H groups in total. The molecule has 2 aromatic rings. The van der Waals surface area contributed by atoms with Crippen molar-refractivity contribution in [3.63, 3.8) is 0 Å². The third kappa shape index (κ3) is 4.55. The molecule has 1 amide bonds. The number of aliphatic hydroxyl groups excluding tert-OH is 1. The van der Waals surface area contributed by atoms with E-state index in [1.807, 2.05) is 49.4 Å². The molecule has 0 saturated heterocycles. The maximum atomic E-state index is 11.6. The molecule has 2 unspecified atom stereocenters. The van der Waals surface area contributed by atoms with E-state index >= 15 is 0 Å². The normalized spacial score (nSPS) is 13.9. The Bertz CT molecular complexity index is 611. The largest absolute Gasteiger partial charge is 0.387 e. The van der Waals surface area contributed by atoms with E-state index in [4.69, 9.17) is 5.73 Å². The Hall–Kier alpha value is -1.91. The minimum Gasteiger partial charge on any atom is -0.387 e. The number of fused-ring (bicyclic) bond motifs is 1. The number of hydrogen-bond donors (Lipinski definition) is 3. The Labute approximate surface area is 125 Å². The summed E-state index contributed by atoms with van der Waals surface area (Å²) in [6, 6.07) is 13.8. The summed E-state index contributed by atoms with van der Waals surface area (Å²) in [6.45, 7) is 2.09. The van der Waals surface area contributed by atoms with Gasteiger partial charge in [0.25, 0.3) is 0 Å². The van der Waals surface area contributed by atoms with Crippen LogP contribution in [0.3, 0.4) is 0 Å². The number of benzene rings is 2. The van der Waals surface area contributed by atoms with E-state index in [-0.39, 0.29) is 18.5 Å². The van der Waals surface area contributed by atoms with E-state index in [1.165, 1.54) is 0 Å². The molecule has 0 radical (unpaired) electrons. The maximum absolute atomic E-state index is 11.6. The molecule has 0 aliphatic rings. The highest BCUT2D eigenvalue weighted by atomic mass is 16.3. The van der Waals surface area contributed by atoms with Crippen molar-refractivity contribution < 1.29 is 9.90 Å². The average molecular weight is 286 g/mol. The van der Waals surface area contributed by atoms with E-state index in [2.05, 4.69) is 5.32 Å². The summed E-state index contributed by atoms with van der Waals surface area (Å²) >= 11 is 0. The van der Waals surface area contributed by atoms with Gasteiger partial charge in [-0.2, -0.15) is 0 Å². The summed E-state index contributed by atoms with van der Waals surface area (Å²) < 4.78 is 0. The Morgan fingerprint density at radius 2 is 1.95 bits per heavy atom. The van der Waals surface area contributed by atoms with Gasteiger partial charge in [-0.05, 0) is 35.7 Å². The molecule has 0 aromatic heterocycles. The van der Waals surface area contributed by atoms with Gasteiger partial charge in [-0.25, -0.2) is 0 Å². The first-order chi connectivity index (χ1) is 10.1. The minimum absolute atomic E-state index is 0.0150. The van der Waals surface area contributed by atoms with Crippen LogP contribution in [0.2, 0.25) is 0 Å². The second-order valence-electron chi connectivity index (χ2n) is 5.44. The highest BCUT2D eigenvalue weighted by molar-refractivity contribution is 5.83. The molecule has 0 saturated carbocycles. The molecular weight excluding hydrogens is 264 g/mol. The van der Waals surface area contributed by atoms with Crippen molar-refractivity contribution in [2.45, 2.75) is 31.9 Å². The van der Waals surface area contributed by atoms with Crippen molar-refractivity contribution in [1.82, 2.24) is 5.32 Å². The molecule has 0 heterocycles. The van der Waals surface area contributed by atoms with Gasteiger partial charge in [-0.1, -0.05) is 36.4 Å². The van der Waals surface area contributed by atoms with E-state index in [0.29, 0.717) is 12.8 Å². The lowest BCUT2D eigenvalue weighted by atomic mass is 10.0. The van der Waals surface area contributed by atoms with Crippen LogP contribution in [0, 0.1) is 0 Å². The monoisotopic (exact) mass is 286 g/mol. The van der Waals surface area contributed by atoms with Crippen molar-refractivity contribution in [3.8, 4) is 0 Å². The molecule has 0 aliphatic carbocycles. The van der Waals surface area contributed by atoms with Crippen LogP contribution in [0.5, 0.6) is 0 Å². The summed E-state index contributed by atoms with van der Waals surface area (Å²) in [5, 5.41) is 15.1. The molecule has 2 rings (SSSR count). The van der Waals surface area contributed by atoms with Crippen molar-refractivity contribution in [2.75, 3.05) is 6.54 Å². The lowest BCUT2D eigenvalue weighted by Crippen LogP contribution is -2.29. The fourth-order valence-corrected chi connectivity index (χ4v) is 2.19. The first-order valence-corrected chi connectivity index (χ1v) is 7.25. The first kappa shape index (κ1) is 15.5. The van der Waals surface area contributed by atoms with E-state index < -0.39 is 6.10 Å². The van der Waals surface area contributed by atoms with Crippen LogP contribution >= 0.6 is 0 Å². The van der Waals surface area contributed by atoms with Gasteiger partial charge in [0, 0.05) is 19.0 Å². The minimum atomic E-state index is -0.700. The number of amides is 1. The number of hydrogen-bond acceptors (Lipinski definition) is 3. The Morgan fingerprint density at radius 3 is 2.67 bits per heavy atom. The second-order valence-corrected chi connectivity index (χ2v) is 5.44. The first-order valence-electron chi connectivity index (χ1n) is 7.25. The van der Waals surface area contributed by atoms with E-state index in [1.54, 1.807) is 0 Å². The third-order valence-corrected chi connectivity index (χ3v) is 3.48. The predicted octanol–water partition coefficient (Wildman–Crippen LogP) is 2.12. The fourth-order valence-electron chi connectivity index (χ4n) is 2.19. The number of carbonyl (C=O) groups is 1. The summed E-state index contributed by atoms with van der Waals surface area (Å²) in [6.07, 6.45) is 0.342. The Kier molecular flexibility index (Phi) is 5.31. The lowest BCUT2D eigenvalue weighted by molar-refractivity contribution is -0.121. The molecule has 21 heavy (non-hydrogen) atoms. The van der Waals surface area contributed by atoms with Crippen molar-refractivity contribution in [1.29, 1.82) is 0 Å². The maximum Gasteiger partial charge on any atom is 0.220 e. The predicted molar refractivity (Wildman–Crippen MR) is 84.8 cm³/mol. The number of carbonyl (C=O) groups excluding carboxylic acids is 1. The standard InChI is InChI=1S/C17H22N2O2/c1-12(18)6-9-17(21)19-11-16(20)15-8-7-13-4-2-3-5-14(13)10-15/h2-5,7-8,10,12,16,20H,6,9,11,18H2,1H3,(H,19,21). The Morgan fingerprint density at radius 1 is 1.24 bits per heavy atom. The Balaban J connectivity index is 1.92. The van der Waals surface area contributed by atoms with E-state index in [0.717, 1.165) is 16.3 Å². The van der Waals surface area contributed by atoms with Crippen molar-refractivity contribution in [2.24, 2.45) is 5.73 Å². The molecule has 2 aromatic carbocycles. The van der Waals surface area contributed by atoms with Gasteiger partial charge in [-0.15, -0.1) is 0 Å². The van der Waals surface area contributed by atoms with Gasteiger partial charge in [-0.3, -0.25) is 4.79 Å². The molecule has 4 heteroatoms. The lowest BCUT2D eigenvalue weighted by Gasteiger charge is -2.13. The van der Waals surface area contributed by atoms with Gasteiger partial charge in [0.2, 0.25) is 5.91 Å². The summed E-state index contributed by atoms with van der Waals surface area (Å²) in [4.78, 5) is 11.6. The molecule has 2 atom stereocenters. The van der Waals surface area contributed by atoms with Crippen LogP contribution in [0.1, 0.15) is 31.4 Å². The zero-order valence-corrected chi connectivity index (χ0v) is 12.3. The second kappa shape index (κ2) is 7.20. The summed E-state index contributed by atoms with van der Waals surface area (Å²) in [5.41, 5.74) is 6.42. The summed E-state index contributed by atoms with van der Waals surface area (Å²) in [7, 11) is 0. The van der Waals surface area contributed by atoms with Crippen LogP contribution in [0.25, 0.3) is 10.8 Å². The van der Waals surface area contributed by atoms with Crippen molar-refractivity contribution in [3.05, 3.63) is 48.0 Å². The van der Waals surface area contributed by atoms with Crippen LogP contribution < -0.4 is 11.1 Å².